The summed E-state index contributed by atoms with van der Waals surface area (Å²) in [6.45, 7) is 1.70. The molecule has 0 aliphatic carbocycles. The van der Waals surface area contributed by atoms with Crippen LogP contribution in [-0.2, 0) is 16.2 Å². The molecule has 0 bridgehead atoms. The van der Waals surface area contributed by atoms with Gasteiger partial charge in [-0.05, 0) is 67.1 Å². The zero-order valence-corrected chi connectivity index (χ0v) is 26.5. The topological polar surface area (TPSA) is 114 Å². The maximum absolute atomic E-state index is 13.0. The number of aromatic nitrogens is 2. The smallest absolute Gasteiger partial charge is 0.255 e. The van der Waals surface area contributed by atoms with Crippen molar-refractivity contribution in [2.45, 2.75) is 13.5 Å². The van der Waals surface area contributed by atoms with Gasteiger partial charge in [0.05, 0.1) is 29.1 Å². The van der Waals surface area contributed by atoms with Crippen molar-refractivity contribution < 1.29 is 19.1 Å². The van der Waals surface area contributed by atoms with Crippen molar-refractivity contribution in [1.82, 2.24) is 15.3 Å². The highest BCUT2D eigenvalue weighted by Crippen LogP contribution is 2.35. The maximum atomic E-state index is 13.0. The Bertz CT molecular complexity index is 1930. The summed E-state index contributed by atoms with van der Waals surface area (Å²) in [5, 5.41) is 6.94. The van der Waals surface area contributed by atoms with E-state index in [0.717, 1.165) is 16.6 Å². The van der Waals surface area contributed by atoms with E-state index < -0.39 is 11.8 Å². The lowest BCUT2D eigenvalue weighted by Crippen LogP contribution is -2.37. The molecule has 2 aromatic heterocycles. The van der Waals surface area contributed by atoms with Gasteiger partial charge in [-0.3, -0.25) is 19.4 Å². The first-order chi connectivity index (χ1) is 22.2. The second-order valence-electron chi connectivity index (χ2n) is 10.2. The standard InChI is InChI=1S/C35H29Cl2N5O4/c1-22-8-12-24-5-3-7-30(34(24)40-22)46-21-27-28(36)15-16-29(33(27)37)42(2)32(44)20-39-31(43)17-11-23-9-13-25(14-10-23)35(45)41-26-6-4-18-38-19-26/h3-19H,20-21H2,1-2H3,(H,39,43)(H,41,45)/b17-11+. The number of aryl methyl sites for hydroxylation is 1. The largest absolute Gasteiger partial charge is 0.487 e. The van der Waals surface area contributed by atoms with Gasteiger partial charge in [-0.15, -0.1) is 0 Å². The lowest BCUT2D eigenvalue weighted by molar-refractivity contribution is -0.122. The number of rotatable bonds is 10. The Morgan fingerprint density at radius 3 is 2.52 bits per heavy atom. The molecule has 0 atom stereocenters. The van der Waals surface area contributed by atoms with Gasteiger partial charge in [0, 0.05) is 46.6 Å². The highest BCUT2D eigenvalue weighted by atomic mass is 35.5. The predicted octanol–water partition coefficient (Wildman–Crippen LogP) is 6.87. The Morgan fingerprint density at radius 1 is 0.957 bits per heavy atom. The minimum Gasteiger partial charge on any atom is -0.487 e. The number of para-hydroxylation sites is 1. The number of carbonyl (C=O) groups is 3. The van der Waals surface area contributed by atoms with E-state index in [-0.39, 0.29) is 24.1 Å². The molecule has 11 heteroatoms. The van der Waals surface area contributed by atoms with Crippen LogP contribution in [0.4, 0.5) is 11.4 Å². The zero-order valence-electron chi connectivity index (χ0n) is 25.0. The molecule has 0 spiro atoms. The van der Waals surface area contributed by atoms with Crippen molar-refractivity contribution >= 4 is 69.3 Å². The summed E-state index contributed by atoms with van der Waals surface area (Å²) < 4.78 is 6.08. The highest BCUT2D eigenvalue weighted by Gasteiger charge is 2.19. The number of fused-ring (bicyclic) bond motifs is 1. The molecule has 2 N–H and O–H groups in total. The SMILES string of the molecule is Cc1ccc2cccc(OCc3c(Cl)ccc(N(C)C(=O)CNC(=O)/C=C/c4ccc(C(=O)Nc5cccnc5)cc4)c3Cl)c2n1. The summed E-state index contributed by atoms with van der Waals surface area (Å²) in [6.07, 6.45) is 6.07. The Balaban J connectivity index is 1.16. The predicted molar refractivity (Wildman–Crippen MR) is 181 cm³/mol. The normalized spacial score (nSPS) is 11.0. The number of pyridine rings is 2. The second-order valence-corrected chi connectivity index (χ2v) is 11.0. The number of nitrogens with one attached hydrogen (secondary N) is 2. The van der Waals surface area contributed by atoms with Crippen molar-refractivity contribution in [3.8, 4) is 5.75 Å². The van der Waals surface area contributed by atoms with Gasteiger partial charge in [0.25, 0.3) is 5.91 Å². The van der Waals surface area contributed by atoms with Gasteiger partial charge < -0.3 is 20.3 Å². The summed E-state index contributed by atoms with van der Waals surface area (Å²) in [5.41, 5.74) is 4.26. The van der Waals surface area contributed by atoms with Crippen LogP contribution in [0.3, 0.4) is 0 Å². The van der Waals surface area contributed by atoms with Crippen molar-refractivity contribution in [3.63, 3.8) is 0 Å². The molecule has 0 saturated carbocycles. The van der Waals surface area contributed by atoms with E-state index in [2.05, 4.69) is 20.6 Å². The third-order valence-electron chi connectivity index (χ3n) is 7.03. The first kappa shape index (κ1) is 32.2. The fraction of sp³-hybridized carbons (Fsp3) is 0.114. The Labute approximate surface area is 275 Å². The van der Waals surface area contributed by atoms with E-state index in [9.17, 15) is 14.4 Å². The second kappa shape index (κ2) is 14.7. The van der Waals surface area contributed by atoms with Gasteiger partial charge >= 0.3 is 0 Å². The van der Waals surface area contributed by atoms with E-state index in [1.54, 1.807) is 74.0 Å². The molecule has 0 fully saturated rings. The molecule has 232 valence electrons. The third-order valence-corrected chi connectivity index (χ3v) is 7.80. The molecule has 5 aromatic rings. The Kier molecular flexibility index (Phi) is 10.3. The average molecular weight is 655 g/mol. The number of hydrogen-bond acceptors (Lipinski definition) is 6. The van der Waals surface area contributed by atoms with Crippen LogP contribution in [0.15, 0.2) is 97.3 Å². The van der Waals surface area contributed by atoms with E-state index in [4.69, 9.17) is 27.9 Å². The van der Waals surface area contributed by atoms with Gasteiger partial charge in [-0.25, -0.2) is 4.98 Å². The van der Waals surface area contributed by atoms with Gasteiger partial charge in [0.1, 0.15) is 17.9 Å². The summed E-state index contributed by atoms with van der Waals surface area (Å²) in [4.78, 5) is 47.8. The summed E-state index contributed by atoms with van der Waals surface area (Å²) in [5.74, 6) is -0.548. The molecule has 0 aliphatic heterocycles. The Hall–Kier alpha value is -5.25. The first-order valence-electron chi connectivity index (χ1n) is 14.2. The molecule has 5 rings (SSSR count). The third kappa shape index (κ3) is 7.87. The van der Waals surface area contributed by atoms with Crippen LogP contribution in [0.1, 0.15) is 27.2 Å². The molecule has 9 nitrogen and oxygen atoms in total. The molecule has 3 amide bonds. The maximum Gasteiger partial charge on any atom is 0.255 e. The first-order valence-corrected chi connectivity index (χ1v) is 14.9. The van der Waals surface area contributed by atoms with Crippen molar-refractivity contribution in [2.24, 2.45) is 0 Å². The molecule has 0 aliphatic rings. The van der Waals surface area contributed by atoms with E-state index >= 15 is 0 Å². The molecule has 0 radical (unpaired) electrons. The van der Waals surface area contributed by atoms with Crippen molar-refractivity contribution in [1.29, 1.82) is 0 Å². The van der Waals surface area contributed by atoms with Crippen LogP contribution in [0.2, 0.25) is 10.0 Å². The number of likely N-dealkylation sites (N-methyl/N-ethyl adjacent to an activating group) is 1. The van der Waals surface area contributed by atoms with Crippen LogP contribution in [0.5, 0.6) is 5.75 Å². The minimum atomic E-state index is -0.463. The van der Waals surface area contributed by atoms with Crippen molar-refractivity contribution in [3.05, 3.63) is 130 Å². The number of hydrogen-bond donors (Lipinski definition) is 2. The summed E-state index contributed by atoms with van der Waals surface area (Å²) in [6, 6.07) is 23.0. The number of benzene rings is 3. The molecule has 46 heavy (non-hydrogen) atoms. The molecular formula is C35H29Cl2N5O4. The van der Waals surface area contributed by atoms with E-state index in [1.807, 2.05) is 37.3 Å². The minimum absolute atomic E-state index is 0.0555. The van der Waals surface area contributed by atoms with Gasteiger partial charge in [-0.2, -0.15) is 0 Å². The lowest BCUT2D eigenvalue weighted by atomic mass is 10.1. The molecule has 3 aromatic carbocycles. The van der Waals surface area contributed by atoms with Crippen LogP contribution in [0.25, 0.3) is 17.0 Å². The number of carbonyl (C=O) groups excluding carboxylic acids is 3. The van der Waals surface area contributed by atoms with Crippen LogP contribution >= 0.6 is 23.2 Å². The number of halogens is 2. The van der Waals surface area contributed by atoms with Crippen LogP contribution in [0, 0.1) is 6.92 Å². The quantitative estimate of drug-likeness (QED) is 0.159. The number of anilines is 2. The summed E-state index contributed by atoms with van der Waals surface area (Å²) in [7, 11) is 1.56. The monoisotopic (exact) mass is 653 g/mol. The van der Waals surface area contributed by atoms with E-state index in [1.165, 1.54) is 11.0 Å². The Morgan fingerprint density at radius 2 is 1.76 bits per heavy atom. The molecule has 0 unspecified atom stereocenters. The number of ether oxygens (including phenoxy) is 1. The number of amides is 3. The van der Waals surface area contributed by atoms with Gasteiger partial charge in [0.15, 0.2) is 0 Å². The highest BCUT2D eigenvalue weighted by molar-refractivity contribution is 6.38. The molecular weight excluding hydrogens is 625 g/mol. The average Bonchev–Trinajstić information content (AvgIpc) is 3.06. The van der Waals surface area contributed by atoms with Crippen LogP contribution < -0.4 is 20.3 Å². The van der Waals surface area contributed by atoms with E-state index in [0.29, 0.717) is 38.8 Å². The van der Waals surface area contributed by atoms with Gasteiger partial charge in [0.2, 0.25) is 11.8 Å². The summed E-state index contributed by atoms with van der Waals surface area (Å²) >= 11 is 13.2. The van der Waals surface area contributed by atoms with Crippen molar-refractivity contribution in [2.75, 3.05) is 23.8 Å². The van der Waals surface area contributed by atoms with Crippen LogP contribution in [-0.4, -0.2) is 41.3 Å². The fourth-order valence-electron chi connectivity index (χ4n) is 4.49. The molecule has 0 saturated heterocycles. The zero-order chi connectivity index (χ0) is 32.6. The lowest BCUT2D eigenvalue weighted by Gasteiger charge is -2.21. The fourth-order valence-corrected chi connectivity index (χ4v) is 5.10. The molecule has 2 heterocycles. The number of nitrogens with zero attached hydrogens (tertiary/aromatic N) is 3. The van der Waals surface area contributed by atoms with Gasteiger partial charge in [-0.1, -0.05) is 53.5 Å².